The standard InChI is InChI=1S/C27H30F3N7O3/c1-18(2)36(16-27(28,29)30)22(38)15-35-17-37(21-6-4-3-5-7-21)26(25(35)40)8-10-34(11-9-26)24(39)20-12-19-14-32-33-23(19)31-13-20/h3-7,12-14,18H,8-11,15-17H2,1-2H3,(H,31,32,33). The lowest BCUT2D eigenvalue weighted by Crippen LogP contribution is -2.57. The van der Waals surface area contributed by atoms with Crippen LogP contribution < -0.4 is 4.90 Å². The molecule has 10 nitrogen and oxygen atoms in total. The molecular formula is C27H30F3N7O3. The number of hydrogen-bond acceptors (Lipinski definition) is 6. The second-order valence-corrected chi connectivity index (χ2v) is 10.5. The Morgan fingerprint density at radius 2 is 1.82 bits per heavy atom. The zero-order chi connectivity index (χ0) is 28.7. The molecule has 1 aromatic carbocycles. The van der Waals surface area contributed by atoms with E-state index in [1.54, 1.807) is 17.2 Å². The van der Waals surface area contributed by atoms with Gasteiger partial charge < -0.3 is 19.6 Å². The Labute approximate surface area is 228 Å². The van der Waals surface area contributed by atoms with E-state index in [4.69, 9.17) is 0 Å². The SMILES string of the molecule is CC(C)N(CC(F)(F)F)C(=O)CN1CN(c2ccccc2)C2(CCN(C(=O)c3cnc4[nH]ncc4c3)CC2)C1=O. The molecule has 0 radical (unpaired) electrons. The highest BCUT2D eigenvalue weighted by Gasteiger charge is 2.54. The van der Waals surface area contributed by atoms with Crippen LogP contribution in [0.4, 0.5) is 18.9 Å². The first-order valence-corrected chi connectivity index (χ1v) is 13.1. The van der Waals surface area contributed by atoms with Gasteiger partial charge in [0.2, 0.25) is 5.91 Å². The number of aromatic nitrogens is 3. The molecule has 13 heteroatoms. The number of piperidine rings is 1. The maximum absolute atomic E-state index is 13.9. The number of carbonyl (C=O) groups is 3. The van der Waals surface area contributed by atoms with Crippen LogP contribution in [0.2, 0.25) is 0 Å². The third-order valence-corrected chi connectivity index (χ3v) is 7.62. The van der Waals surface area contributed by atoms with E-state index in [-0.39, 0.29) is 31.6 Å². The van der Waals surface area contributed by atoms with Crippen LogP contribution in [0.15, 0.2) is 48.8 Å². The molecule has 4 heterocycles. The number of benzene rings is 1. The summed E-state index contributed by atoms with van der Waals surface area (Å²) in [5.74, 6) is -1.30. The van der Waals surface area contributed by atoms with Crippen molar-refractivity contribution in [1.29, 1.82) is 0 Å². The maximum atomic E-state index is 13.9. The Bertz CT molecular complexity index is 1400. The minimum Gasteiger partial charge on any atom is -0.339 e. The minimum atomic E-state index is -4.55. The maximum Gasteiger partial charge on any atom is 0.406 e. The Balaban J connectivity index is 1.36. The van der Waals surface area contributed by atoms with Gasteiger partial charge in [0, 0.05) is 36.4 Å². The summed E-state index contributed by atoms with van der Waals surface area (Å²) in [7, 11) is 0. The van der Waals surface area contributed by atoms with Crippen molar-refractivity contribution in [2.45, 2.75) is 44.4 Å². The third kappa shape index (κ3) is 5.19. The van der Waals surface area contributed by atoms with Gasteiger partial charge in [-0.15, -0.1) is 0 Å². The molecule has 0 saturated carbocycles. The average Bonchev–Trinajstić information content (AvgIpc) is 3.50. The lowest BCUT2D eigenvalue weighted by atomic mass is 9.85. The number of amides is 3. The van der Waals surface area contributed by atoms with Crippen molar-refractivity contribution in [2.75, 3.05) is 37.7 Å². The molecule has 212 valence electrons. The summed E-state index contributed by atoms with van der Waals surface area (Å²) in [5, 5.41) is 7.39. The highest BCUT2D eigenvalue weighted by Crippen LogP contribution is 2.40. The van der Waals surface area contributed by atoms with Crippen LogP contribution in [0.1, 0.15) is 37.0 Å². The molecule has 5 rings (SSSR count). The Morgan fingerprint density at radius 1 is 1.12 bits per heavy atom. The van der Waals surface area contributed by atoms with Gasteiger partial charge in [-0.2, -0.15) is 18.3 Å². The number of aromatic amines is 1. The number of halogens is 3. The highest BCUT2D eigenvalue weighted by molar-refractivity contribution is 5.98. The fourth-order valence-corrected chi connectivity index (χ4v) is 5.54. The number of alkyl halides is 3. The number of pyridine rings is 1. The van der Waals surface area contributed by atoms with E-state index in [1.165, 1.54) is 24.9 Å². The van der Waals surface area contributed by atoms with Crippen LogP contribution in [0.25, 0.3) is 11.0 Å². The normalized spacial score (nSPS) is 17.4. The number of H-pyrrole nitrogens is 1. The monoisotopic (exact) mass is 557 g/mol. The molecule has 2 saturated heterocycles. The number of nitrogens with one attached hydrogen (secondary N) is 1. The zero-order valence-corrected chi connectivity index (χ0v) is 22.2. The van der Waals surface area contributed by atoms with Crippen molar-refractivity contribution in [3.8, 4) is 0 Å². The number of rotatable bonds is 6. The van der Waals surface area contributed by atoms with Crippen LogP contribution in [-0.4, -0.2) is 98.2 Å². The van der Waals surface area contributed by atoms with Crippen molar-refractivity contribution in [1.82, 2.24) is 29.9 Å². The van der Waals surface area contributed by atoms with Gasteiger partial charge in [-0.3, -0.25) is 19.5 Å². The quantitative estimate of drug-likeness (QED) is 0.500. The predicted octanol–water partition coefficient (Wildman–Crippen LogP) is 3.04. The second-order valence-electron chi connectivity index (χ2n) is 10.5. The number of nitrogens with zero attached hydrogens (tertiary/aromatic N) is 6. The fraction of sp³-hybridized carbons (Fsp3) is 0.444. The fourth-order valence-electron chi connectivity index (χ4n) is 5.54. The second kappa shape index (κ2) is 10.4. The van der Waals surface area contributed by atoms with E-state index in [1.807, 2.05) is 35.2 Å². The molecule has 2 fully saturated rings. The Kier molecular flexibility index (Phi) is 7.15. The first kappa shape index (κ1) is 27.4. The molecule has 3 amide bonds. The molecule has 1 spiro atoms. The van der Waals surface area contributed by atoms with Gasteiger partial charge in [0.05, 0.1) is 18.4 Å². The van der Waals surface area contributed by atoms with E-state index in [9.17, 15) is 27.6 Å². The van der Waals surface area contributed by atoms with Crippen LogP contribution >= 0.6 is 0 Å². The first-order chi connectivity index (χ1) is 19.0. The summed E-state index contributed by atoms with van der Waals surface area (Å²) in [6, 6.07) is 10.3. The molecule has 0 bridgehead atoms. The molecule has 1 N–H and O–H groups in total. The molecule has 3 aromatic rings. The molecule has 40 heavy (non-hydrogen) atoms. The first-order valence-electron chi connectivity index (χ1n) is 13.1. The van der Waals surface area contributed by atoms with Gasteiger partial charge in [-0.1, -0.05) is 18.2 Å². The number of hydrogen-bond donors (Lipinski definition) is 1. The van der Waals surface area contributed by atoms with E-state index in [2.05, 4.69) is 15.2 Å². The number of likely N-dealkylation sites (tertiary alicyclic amines) is 1. The number of fused-ring (bicyclic) bond motifs is 1. The molecule has 2 aromatic heterocycles. The average molecular weight is 558 g/mol. The topological polar surface area (TPSA) is 106 Å². The summed E-state index contributed by atoms with van der Waals surface area (Å²) >= 11 is 0. The van der Waals surface area contributed by atoms with E-state index in [0.717, 1.165) is 10.6 Å². The van der Waals surface area contributed by atoms with Crippen molar-refractivity contribution in [3.05, 3.63) is 54.4 Å². The van der Waals surface area contributed by atoms with Gasteiger partial charge in [0.15, 0.2) is 5.65 Å². The summed E-state index contributed by atoms with van der Waals surface area (Å²) < 4.78 is 39.4. The van der Waals surface area contributed by atoms with Gasteiger partial charge in [-0.05, 0) is 44.9 Å². The van der Waals surface area contributed by atoms with E-state index >= 15 is 0 Å². The smallest absolute Gasteiger partial charge is 0.339 e. The predicted molar refractivity (Wildman–Crippen MR) is 140 cm³/mol. The molecular weight excluding hydrogens is 527 g/mol. The van der Waals surface area contributed by atoms with Crippen LogP contribution in [0.5, 0.6) is 0 Å². The molecule has 2 aliphatic heterocycles. The van der Waals surface area contributed by atoms with Crippen molar-refractivity contribution >= 4 is 34.4 Å². The molecule has 0 unspecified atom stereocenters. The van der Waals surface area contributed by atoms with Gasteiger partial charge in [0.1, 0.15) is 18.6 Å². The summed E-state index contributed by atoms with van der Waals surface area (Å²) in [6.07, 6.45) is -0.878. The van der Waals surface area contributed by atoms with Crippen molar-refractivity contribution in [3.63, 3.8) is 0 Å². The summed E-state index contributed by atoms with van der Waals surface area (Å²) in [6.45, 7) is 1.81. The van der Waals surface area contributed by atoms with Crippen LogP contribution in [0.3, 0.4) is 0 Å². The lowest BCUT2D eigenvalue weighted by molar-refractivity contribution is -0.165. The Hall–Kier alpha value is -4.16. The van der Waals surface area contributed by atoms with Gasteiger partial charge in [0.25, 0.3) is 11.8 Å². The largest absolute Gasteiger partial charge is 0.406 e. The Morgan fingerprint density at radius 3 is 2.48 bits per heavy atom. The third-order valence-electron chi connectivity index (χ3n) is 7.62. The number of para-hydroxylation sites is 1. The van der Waals surface area contributed by atoms with Crippen LogP contribution in [0, 0.1) is 0 Å². The molecule has 0 atom stereocenters. The number of carbonyl (C=O) groups excluding carboxylic acids is 3. The summed E-state index contributed by atoms with van der Waals surface area (Å²) in [4.78, 5) is 50.1. The lowest BCUT2D eigenvalue weighted by Gasteiger charge is -2.43. The van der Waals surface area contributed by atoms with Crippen molar-refractivity contribution in [2.24, 2.45) is 0 Å². The number of anilines is 1. The van der Waals surface area contributed by atoms with E-state index < -0.39 is 36.8 Å². The molecule has 2 aliphatic rings. The highest BCUT2D eigenvalue weighted by atomic mass is 19.4. The zero-order valence-electron chi connectivity index (χ0n) is 22.2. The van der Waals surface area contributed by atoms with Crippen molar-refractivity contribution < 1.29 is 27.6 Å². The van der Waals surface area contributed by atoms with Crippen LogP contribution in [-0.2, 0) is 9.59 Å². The van der Waals surface area contributed by atoms with Gasteiger partial charge >= 0.3 is 6.18 Å². The summed E-state index contributed by atoms with van der Waals surface area (Å²) in [5.41, 5.74) is 0.715. The minimum absolute atomic E-state index is 0.0571. The van der Waals surface area contributed by atoms with Gasteiger partial charge in [-0.25, -0.2) is 4.98 Å². The van der Waals surface area contributed by atoms with E-state index in [0.29, 0.717) is 29.4 Å². The molecule has 0 aliphatic carbocycles.